The molecule has 1 aromatic carbocycles. The van der Waals surface area contributed by atoms with Crippen molar-refractivity contribution < 1.29 is 24.2 Å². The molecule has 0 aliphatic heterocycles. The zero-order valence-electron chi connectivity index (χ0n) is 22.9. The van der Waals surface area contributed by atoms with Crippen LogP contribution < -0.4 is 15.5 Å². The number of amides is 3. The number of hydrogen-bond donors (Lipinski definition) is 3. The van der Waals surface area contributed by atoms with E-state index in [1.807, 2.05) is 0 Å². The first-order valence-corrected chi connectivity index (χ1v) is 13.8. The van der Waals surface area contributed by atoms with E-state index in [0.29, 0.717) is 24.3 Å². The van der Waals surface area contributed by atoms with Gasteiger partial charge in [-0.05, 0) is 58.7 Å². The van der Waals surface area contributed by atoms with Crippen molar-refractivity contribution in [2.45, 2.75) is 85.7 Å². The molecular weight excluding hydrogens is 490 g/mol. The number of esters is 1. The van der Waals surface area contributed by atoms with Crippen LogP contribution in [0, 0.1) is 6.92 Å². The average molecular weight is 532 g/mol. The van der Waals surface area contributed by atoms with E-state index in [1.54, 1.807) is 52.8 Å². The second kappa shape index (κ2) is 14.0. The Morgan fingerprint density at radius 3 is 2.30 bits per heavy atom. The number of nitrogens with zero attached hydrogens (tertiary/aromatic N) is 1. The van der Waals surface area contributed by atoms with Crippen molar-refractivity contribution in [1.82, 2.24) is 5.32 Å². The number of carbonyl (C=O) groups is 3. The number of rotatable bonds is 12. The van der Waals surface area contributed by atoms with Crippen LogP contribution in [0.15, 0.2) is 24.3 Å². The molecule has 1 heterocycles. The first-order valence-electron chi connectivity index (χ1n) is 13.0. The van der Waals surface area contributed by atoms with Gasteiger partial charge in [0.15, 0.2) is 0 Å². The highest BCUT2D eigenvalue weighted by atomic mass is 32.1. The molecule has 0 aliphatic rings. The number of thiophene rings is 1. The number of ether oxygens (including phenoxy) is 1. The number of phenols is 1. The normalized spacial score (nSPS) is 11.2. The minimum Gasteiger partial charge on any atom is -0.506 e. The molecule has 1 aromatic heterocycles. The number of phenolic OH excluding ortho intramolecular Hbond substituents is 1. The molecule has 2 rings (SSSR count). The lowest BCUT2D eigenvalue weighted by molar-refractivity contribution is 0.00705. The van der Waals surface area contributed by atoms with E-state index >= 15 is 0 Å². The van der Waals surface area contributed by atoms with Gasteiger partial charge in [0.05, 0.1) is 16.1 Å². The Hall–Kier alpha value is -3.07. The minimum atomic E-state index is -0.752. The van der Waals surface area contributed by atoms with Crippen molar-refractivity contribution in [3.8, 4) is 5.75 Å². The molecular formula is C28H41N3O5S. The van der Waals surface area contributed by atoms with Gasteiger partial charge in [0.1, 0.15) is 16.4 Å². The van der Waals surface area contributed by atoms with Gasteiger partial charge in [0.25, 0.3) is 5.91 Å². The van der Waals surface area contributed by atoms with Crippen molar-refractivity contribution in [2.75, 3.05) is 23.3 Å². The third-order valence-corrected chi connectivity index (χ3v) is 6.92. The molecule has 0 atom stereocenters. The van der Waals surface area contributed by atoms with E-state index in [-0.39, 0.29) is 27.1 Å². The van der Waals surface area contributed by atoms with Crippen LogP contribution in [0.5, 0.6) is 5.75 Å². The van der Waals surface area contributed by atoms with Gasteiger partial charge in [-0.3, -0.25) is 10.1 Å². The van der Waals surface area contributed by atoms with Gasteiger partial charge in [-0.2, -0.15) is 0 Å². The van der Waals surface area contributed by atoms with Crippen LogP contribution in [0.25, 0.3) is 0 Å². The van der Waals surface area contributed by atoms with Gasteiger partial charge in [0, 0.05) is 13.1 Å². The first-order chi connectivity index (χ1) is 17.5. The van der Waals surface area contributed by atoms with Crippen molar-refractivity contribution in [2.24, 2.45) is 0 Å². The molecule has 3 N–H and O–H groups in total. The van der Waals surface area contributed by atoms with E-state index in [1.165, 1.54) is 30.2 Å². The van der Waals surface area contributed by atoms with E-state index in [2.05, 4.69) is 17.6 Å². The Labute approximate surface area is 224 Å². The Balaban J connectivity index is 2.28. The standard InChI is InChI=1S/C28H41N3O5S/c1-7-9-10-11-12-15-18-29-27(35)30-24-22(26(34)36-28(4,5)6)19(3)23(37-24)25(33)31(8-2)20-16-13-14-17-21(20)32/h13-14,16-17,32H,7-12,15,18H2,1-6H3,(H2,29,30,35). The maximum Gasteiger partial charge on any atom is 0.341 e. The first kappa shape index (κ1) is 30.2. The summed E-state index contributed by atoms with van der Waals surface area (Å²) in [5, 5.41) is 16.2. The van der Waals surface area contributed by atoms with E-state index in [9.17, 15) is 19.5 Å². The number of urea groups is 1. The van der Waals surface area contributed by atoms with Crippen molar-refractivity contribution in [1.29, 1.82) is 0 Å². The molecule has 0 aliphatic carbocycles. The molecule has 3 amide bonds. The van der Waals surface area contributed by atoms with Gasteiger partial charge in [-0.15, -0.1) is 11.3 Å². The molecule has 0 unspecified atom stereocenters. The zero-order chi connectivity index (χ0) is 27.6. The number of para-hydroxylation sites is 2. The number of nitrogens with one attached hydrogen (secondary N) is 2. The third-order valence-electron chi connectivity index (χ3n) is 5.72. The summed E-state index contributed by atoms with van der Waals surface area (Å²) in [5.41, 5.74) is 0.196. The fourth-order valence-corrected chi connectivity index (χ4v) is 5.01. The largest absolute Gasteiger partial charge is 0.506 e. The van der Waals surface area contributed by atoms with Gasteiger partial charge in [-0.1, -0.05) is 51.2 Å². The van der Waals surface area contributed by atoms with Crippen LogP contribution in [-0.2, 0) is 4.74 Å². The maximum atomic E-state index is 13.6. The van der Waals surface area contributed by atoms with Crippen LogP contribution in [0.2, 0.25) is 0 Å². The molecule has 37 heavy (non-hydrogen) atoms. The van der Waals surface area contributed by atoms with Crippen LogP contribution >= 0.6 is 11.3 Å². The predicted octanol–water partition coefficient (Wildman–Crippen LogP) is 6.87. The Morgan fingerprint density at radius 2 is 1.68 bits per heavy atom. The fraction of sp³-hybridized carbons (Fsp3) is 0.536. The molecule has 0 saturated carbocycles. The van der Waals surface area contributed by atoms with E-state index in [4.69, 9.17) is 4.74 Å². The number of hydrogen-bond acceptors (Lipinski definition) is 6. The average Bonchev–Trinajstić information content (AvgIpc) is 3.14. The highest BCUT2D eigenvalue weighted by molar-refractivity contribution is 7.19. The van der Waals surface area contributed by atoms with Gasteiger partial charge in [0.2, 0.25) is 0 Å². The van der Waals surface area contributed by atoms with E-state index in [0.717, 1.165) is 30.6 Å². The molecule has 0 fully saturated rings. The summed E-state index contributed by atoms with van der Waals surface area (Å²) in [6, 6.07) is 6.15. The molecule has 0 bridgehead atoms. The summed E-state index contributed by atoms with van der Waals surface area (Å²) >= 11 is 1.03. The van der Waals surface area contributed by atoms with Gasteiger partial charge in [-0.25, -0.2) is 9.59 Å². The molecule has 0 saturated heterocycles. The van der Waals surface area contributed by atoms with Crippen molar-refractivity contribution >= 4 is 39.9 Å². The number of unbranched alkanes of at least 4 members (excludes halogenated alkanes) is 5. The lowest BCUT2D eigenvalue weighted by atomic mass is 10.1. The quantitative estimate of drug-likeness (QED) is 0.205. The number of aromatic hydroxyl groups is 1. The van der Waals surface area contributed by atoms with Crippen LogP contribution in [-0.4, -0.2) is 41.7 Å². The summed E-state index contributed by atoms with van der Waals surface area (Å²) in [6.07, 6.45) is 6.66. The number of anilines is 2. The Morgan fingerprint density at radius 1 is 1.03 bits per heavy atom. The van der Waals surface area contributed by atoms with E-state index < -0.39 is 17.6 Å². The Kier molecular flexibility index (Phi) is 11.4. The molecule has 2 aromatic rings. The Bertz CT molecular complexity index is 1070. The second-order valence-corrected chi connectivity index (χ2v) is 11.0. The highest BCUT2D eigenvalue weighted by Crippen LogP contribution is 2.37. The van der Waals surface area contributed by atoms with Gasteiger partial charge < -0.3 is 20.1 Å². The van der Waals surface area contributed by atoms with Crippen LogP contribution in [0.3, 0.4) is 0 Å². The molecule has 204 valence electrons. The maximum absolute atomic E-state index is 13.6. The molecule has 9 heteroatoms. The third kappa shape index (κ3) is 8.77. The summed E-state index contributed by atoms with van der Waals surface area (Å²) in [5.74, 6) is -1.01. The monoisotopic (exact) mass is 531 g/mol. The summed E-state index contributed by atoms with van der Waals surface area (Å²) < 4.78 is 5.59. The highest BCUT2D eigenvalue weighted by Gasteiger charge is 2.31. The summed E-state index contributed by atoms with van der Waals surface area (Å²) in [4.78, 5) is 41.1. The molecule has 0 spiro atoms. The molecule has 8 nitrogen and oxygen atoms in total. The zero-order valence-corrected chi connectivity index (χ0v) is 23.7. The summed E-state index contributed by atoms with van der Waals surface area (Å²) in [7, 11) is 0. The lowest BCUT2D eigenvalue weighted by Crippen LogP contribution is -2.30. The number of benzene rings is 1. The lowest BCUT2D eigenvalue weighted by Gasteiger charge is -2.22. The minimum absolute atomic E-state index is 0.0216. The smallest absolute Gasteiger partial charge is 0.341 e. The van der Waals surface area contributed by atoms with Gasteiger partial charge >= 0.3 is 12.0 Å². The molecule has 0 radical (unpaired) electrons. The summed E-state index contributed by atoms with van der Waals surface area (Å²) in [6.45, 7) is 11.7. The predicted molar refractivity (Wildman–Crippen MR) is 150 cm³/mol. The van der Waals surface area contributed by atoms with Crippen LogP contribution in [0.1, 0.15) is 98.7 Å². The van der Waals surface area contributed by atoms with Crippen molar-refractivity contribution in [3.63, 3.8) is 0 Å². The topological polar surface area (TPSA) is 108 Å². The second-order valence-electron chi connectivity index (χ2n) is 9.95. The van der Waals surface area contributed by atoms with Crippen molar-refractivity contribution in [3.05, 3.63) is 40.3 Å². The van der Waals surface area contributed by atoms with Crippen LogP contribution in [0.4, 0.5) is 15.5 Å². The SMILES string of the molecule is CCCCCCCCNC(=O)Nc1sc(C(=O)N(CC)c2ccccc2O)c(C)c1C(=O)OC(C)(C)C. The fourth-order valence-electron chi connectivity index (χ4n) is 3.87. The number of carbonyl (C=O) groups excluding carboxylic acids is 3.